The zero-order valence-electron chi connectivity index (χ0n) is 16.7. The fourth-order valence-corrected chi connectivity index (χ4v) is 4.63. The van der Waals surface area contributed by atoms with Crippen LogP contribution in [0.3, 0.4) is 0 Å². The van der Waals surface area contributed by atoms with Crippen molar-refractivity contribution in [1.29, 1.82) is 0 Å². The fraction of sp³-hybridized carbons (Fsp3) is 0.182. The van der Waals surface area contributed by atoms with Crippen molar-refractivity contribution in [2.45, 2.75) is 19.9 Å². The highest BCUT2D eigenvalue weighted by Gasteiger charge is 2.27. The number of amides is 2. The van der Waals surface area contributed by atoms with E-state index in [4.69, 9.17) is 4.42 Å². The second-order valence-corrected chi connectivity index (χ2v) is 8.27. The topological polar surface area (TPSA) is 93.3 Å². The first-order chi connectivity index (χ1) is 15.1. The smallest absolute Gasteiger partial charge is 0.293 e. The second kappa shape index (κ2) is 7.84. The molecule has 0 bridgehead atoms. The standard InChI is InChI=1S/C22H19N5O3S/c1-14-16(12-23-27(14)15-6-3-2-4-7-15)21(29)26-10-9-17-19(13-26)31-22(24-17)25-20(28)18-8-5-11-30-18/h2-8,11-12H,9-10,13H2,1H3,(H,24,25,28). The Kier molecular flexibility index (Phi) is 4.87. The van der Waals surface area contributed by atoms with Gasteiger partial charge in [-0.3, -0.25) is 14.9 Å². The molecule has 0 radical (unpaired) electrons. The second-order valence-electron chi connectivity index (χ2n) is 7.19. The molecule has 2 amide bonds. The molecule has 1 aliphatic rings. The van der Waals surface area contributed by atoms with Crippen LogP contribution in [0.25, 0.3) is 5.69 Å². The number of benzene rings is 1. The molecule has 156 valence electrons. The van der Waals surface area contributed by atoms with Crippen LogP contribution in [0.5, 0.6) is 0 Å². The van der Waals surface area contributed by atoms with Gasteiger partial charge < -0.3 is 9.32 Å². The minimum absolute atomic E-state index is 0.0556. The summed E-state index contributed by atoms with van der Waals surface area (Å²) in [5, 5.41) is 7.68. The number of nitrogens with zero attached hydrogens (tertiary/aromatic N) is 4. The van der Waals surface area contributed by atoms with Gasteiger partial charge in [-0.15, -0.1) is 0 Å². The van der Waals surface area contributed by atoms with E-state index in [1.165, 1.54) is 17.6 Å². The Bertz CT molecular complexity index is 1240. The van der Waals surface area contributed by atoms with Gasteiger partial charge in [0, 0.05) is 17.8 Å². The number of aromatic nitrogens is 3. The number of anilines is 1. The van der Waals surface area contributed by atoms with E-state index in [-0.39, 0.29) is 17.6 Å². The Hall–Kier alpha value is -3.72. The molecule has 31 heavy (non-hydrogen) atoms. The van der Waals surface area contributed by atoms with Crippen LogP contribution in [0.15, 0.2) is 59.3 Å². The molecule has 0 saturated heterocycles. The summed E-state index contributed by atoms with van der Waals surface area (Å²) in [5.41, 5.74) is 3.22. The molecule has 0 saturated carbocycles. The van der Waals surface area contributed by atoms with Crippen molar-refractivity contribution in [1.82, 2.24) is 19.7 Å². The summed E-state index contributed by atoms with van der Waals surface area (Å²) >= 11 is 1.38. The van der Waals surface area contributed by atoms with Crippen molar-refractivity contribution in [2.75, 3.05) is 11.9 Å². The van der Waals surface area contributed by atoms with Gasteiger partial charge in [-0.1, -0.05) is 29.5 Å². The van der Waals surface area contributed by atoms with Gasteiger partial charge >= 0.3 is 0 Å². The van der Waals surface area contributed by atoms with E-state index < -0.39 is 0 Å². The average Bonchev–Trinajstić information content (AvgIpc) is 3.53. The Morgan fingerprint density at radius 1 is 1.16 bits per heavy atom. The summed E-state index contributed by atoms with van der Waals surface area (Å²) in [7, 11) is 0. The van der Waals surface area contributed by atoms with Crippen molar-refractivity contribution < 1.29 is 14.0 Å². The van der Waals surface area contributed by atoms with E-state index in [9.17, 15) is 9.59 Å². The van der Waals surface area contributed by atoms with E-state index in [2.05, 4.69) is 15.4 Å². The van der Waals surface area contributed by atoms with Gasteiger partial charge in [0.25, 0.3) is 11.8 Å². The lowest BCUT2D eigenvalue weighted by atomic mass is 10.1. The molecule has 1 aliphatic heterocycles. The maximum Gasteiger partial charge on any atom is 0.293 e. The van der Waals surface area contributed by atoms with Gasteiger partial charge in [0.2, 0.25) is 0 Å². The summed E-state index contributed by atoms with van der Waals surface area (Å²) in [6.07, 6.45) is 3.72. The van der Waals surface area contributed by atoms with E-state index in [1.54, 1.807) is 27.9 Å². The lowest BCUT2D eigenvalue weighted by Crippen LogP contribution is -2.35. The SMILES string of the molecule is Cc1c(C(=O)N2CCc3nc(NC(=O)c4ccco4)sc3C2)cnn1-c1ccccc1. The van der Waals surface area contributed by atoms with Crippen LogP contribution < -0.4 is 5.32 Å². The quantitative estimate of drug-likeness (QED) is 0.530. The van der Waals surface area contributed by atoms with Crippen LogP contribution in [0.1, 0.15) is 37.2 Å². The molecule has 4 heterocycles. The van der Waals surface area contributed by atoms with Gasteiger partial charge in [0.15, 0.2) is 10.9 Å². The Balaban J connectivity index is 1.32. The number of hydrogen-bond donors (Lipinski definition) is 1. The molecule has 0 spiro atoms. The molecule has 0 unspecified atom stereocenters. The molecule has 5 rings (SSSR count). The van der Waals surface area contributed by atoms with E-state index in [0.717, 1.165) is 22.0 Å². The zero-order chi connectivity index (χ0) is 21.4. The summed E-state index contributed by atoms with van der Waals surface area (Å²) in [4.78, 5) is 32.7. The molecule has 1 aromatic carbocycles. The largest absolute Gasteiger partial charge is 0.459 e. The summed E-state index contributed by atoms with van der Waals surface area (Å²) < 4.78 is 6.89. The third-order valence-electron chi connectivity index (χ3n) is 5.22. The fourth-order valence-electron chi connectivity index (χ4n) is 3.61. The van der Waals surface area contributed by atoms with E-state index >= 15 is 0 Å². The average molecular weight is 433 g/mol. The van der Waals surface area contributed by atoms with Crippen molar-refractivity contribution in [2.24, 2.45) is 0 Å². The van der Waals surface area contributed by atoms with Crippen LogP contribution in [-0.2, 0) is 13.0 Å². The number of hydrogen-bond acceptors (Lipinski definition) is 6. The van der Waals surface area contributed by atoms with Gasteiger partial charge in [0.05, 0.1) is 41.6 Å². The molecule has 0 fully saturated rings. The van der Waals surface area contributed by atoms with Crippen LogP contribution in [0, 0.1) is 6.92 Å². The highest BCUT2D eigenvalue weighted by molar-refractivity contribution is 7.15. The molecule has 8 nitrogen and oxygen atoms in total. The number of fused-ring (bicyclic) bond motifs is 1. The predicted octanol–water partition coefficient (Wildman–Crippen LogP) is 3.68. The Labute approximate surface area is 182 Å². The minimum atomic E-state index is -0.340. The minimum Gasteiger partial charge on any atom is -0.459 e. The first-order valence-corrected chi connectivity index (χ1v) is 10.6. The maximum atomic E-state index is 13.2. The van der Waals surface area contributed by atoms with Gasteiger partial charge in [-0.05, 0) is 31.2 Å². The zero-order valence-corrected chi connectivity index (χ0v) is 17.6. The first-order valence-electron chi connectivity index (χ1n) is 9.83. The summed E-state index contributed by atoms with van der Waals surface area (Å²) in [5.74, 6) is -0.163. The number of carbonyl (C=O) groups excluding carboxylic acids is 2. The normalized spacial score (nSPS) is 13.1. The number of nitrogens with one attached hydrogen (secondary N) is 1. The molecular weight excluding hydrogens is 414 g/mol. The number of thiazole rings is 1. The molecule has 4 aromatic rings. The number of carbonyl (C=O) groups is 2. The van der Waals surface area contributed by atoms with Crippen molar-refractivity contribution in [3.8, 4) is 5.69 Å². The maximum absolute atomic E-state index is 13.2. The Morgan fingerprint density at radius 2 is 2.00 bits per heavy atom. The summed E-state index contributed by atoms with van der Waals surface area (Å²) in [6.45, 7) is 2.92. The lowest BCUT2D eigenvalue weighted by molar-refractivity contribution is 0.0735. The van der Waals surface area contributed by atoms with Gasteiger partial charge in [-0.2, -0.15) is 5.10 Å². The highest BCUT2D eigenvalue weighted by atomic mass is 32.1. The van der Waals surface area contributed by atoms with Crippen LogP contribution in [0.4, 0.5) is 5.13 Å². The molecule has 3 aromatic heterocycles. The third kappa shape index (κ3) is 3.64. The third-order valence-corrected chi connectivity index (χ3v) is 6.22. The lowest BCUT2D eigenvalue weighted by Gasteiger charge is -2.26. The number of rotatable bonds is 4. The van der Waals surface area contributed by atoms with Crippen molar-refractivity contribution >= 4 is 28.3 Å². The highest BCUT2D eigenvalue weighted by Crippen LogP contribution is 2.30. The van der Waals surface area contributed by atoms with Gasteiger partial charge in [-0.25, -0.2) is 9.67 Å². The van der Waals surface area contributed by atoms with Crippen LogP contribution in [-0.4, -0.2) is 38.0 Å². The van der Waals surface area contributed by atoms with Crippen molar-refractivity contribution in [3.63, 3.8) is 0 Å². The molecule has 9 heteroatoms. The Morgan fingerprint density at radius 3 is 2.77 bits per heavy atom. The number of furan rings is 1. The van der Waals surface area contributed by atoms with Crippen LogP contribution in [0.2, 0.25) is 0 Å². The van der Waals surface area contributed by atoms with E-state index in [1.807, 2.05) is 37.3 Å². The van der Waals surface area contributed by atoms with Gasteiger partial charge in [0.1, 0.15) is 0 Å². The molecule has 0 aliphatic carbocycles. The first kappa shape index (κ1) is 19.3. The van der Waals surface area contributed by atoms with Crippen LogP contribution >= 0.6 is 11.3 Å². The van der Waals surface area contributed by atoms with Crippen molar-refractivity contribution in [3.05, 3.63) is 82.5 Å². The molecule has 0 atom stereocenters. The van der Waals surface area contributed by atoms with E-state index in [0.29, 0.717) is 30.2 Å². The molecular formula is C22H19N5O3S. The predicted molar refractivity (Wildman–Crippen MR) is 116 cm³/mol. The monoisotopic (exact) mass is 433 g/mol. The summed E-state index contributed by atoms with van der Waals surface area (Å²) in [6, 6.07) is 13.0. The number of para-hydroxylation sites is 1. The molecule has 1 N–H and O–H groups in total.